The van der Waals surface area contributed by atoms with Gasteiger partial charge in [0.1, 0.15) is 0 Å². The average Bonchev–Trinajstić information content (AvgIpc) is 3.09. The van der Waals surface area contributed by atoms with Gasteiger partial charge in [-0.15, -0.1) is 23.7 Å². The van der Waals surface area contributed by atoms with Crippen LogP contribution in [0.25, 0.3) is 0 Å². The molecule has 1 aliphatic carbocycles. The summed E-state index contributed by atoms with van der Waals surface area (Å²) in [7, 11) is 0. The van der Waals surface area contributed by atoms with E-state index in [2.05, 4.69) is 33.8 Å². The van der Waals surface area contributed by atoms with Crippen LogP contribution < -0.4 is 5.73 Å². The van der Waals surface area contributed by atoms with Gasteiger partial charge in [0.25, 0.3) is 5.91 Å². The number of thiophene rings is 1. The van der Waals surface area contributed by atoms with Crippen molar-refractivity contribution in [3.63, 3.8) is 0 Å². The van der Waals surface area contributed by atoms with Crippen LogP contribution in [0.15, 0.2) is 6.07 Å². The number of carbonyl (C=O) groups is 1. The van der Waals surface area contributed by atoms with E-state index in [9.17, 15) is 4.79 Å². The molecule has 2 N–H and O–H groups in total. The number of likely N-dealkylation sites (tertiary alicyclic amines) is 1. The molecule has 1 aromatic heterocycles. The van der Waals surface area contributed by atoms with Crippen molar-refractivity contribution in [3.05, 3.63) is 21.4 Å². The maximum absolute atomic E-state index is 12.8. The van der Waals surface area contributed by atoms with Gasteiger partial charge in [-0.1, -0.05) is 27.7 Å². The van der Waals surface area contributed by atoms with Crippen LogP contribution in [0.4, 0.5) is 0 Å². The minimum absolute atomic E-state index is 0. The molecular weight excluding hydrogens is 340 g/mol. The number of halogens is 1. The van der Waals surface area contributed by atoms with Crippen molar-refractivity contribution in [2.24, 2.45) is 22.5 Å². The Labute approximate surface area is 156 Å². The van der Waals surface area contributed by atoms with Crippen molar-refractivity contribution >= 4 is 29.7 Å². The monoisotopic (exact) mass is 370 g/mol. The highest BCUT2D eigenvalue weighted by atomic mass is 35.5. The lowest BCUT2D eigenvalue weighted by Gasteiger charge is -2.33. The van der Waals surface area contributed by atoms with Gasteiger partial charge in [-0.05, 0) is 60.6 Å². The summed E-state index contributed by atoms with van der Waals surface area (Å²) in [5.74, 6) is 0.939. The maximum atomic E-state index is 12.8. The van der Waals surface area contributed by atoms with Crippen LogP contribution in [0.1, 0.15) is 60.6 Å². The molecule has 0 radical (unpaired) electrons. The normalized spacial score (nSPS) is 26.9. The summed E-state index contributed by atoms with van der Waals surface area (Å²) in [6.07, 6.45) is 4.53. The topological polar surface area (TPSA) is 46.3 Å². The van der Waals surface area contributed by atoms with Crippen molar-refractivity contribution in [1.29, 1.82) is 0 Å². The molecule has 3 nitrogen and oxygen atoms in total. The van der Waals surface area contributed by atoms with Crippen molar-refractivity contribution < 1.29 is 4.79 Å². The molecule has 2 unspecified atom stereocenters. The van der Waals surface area contributed by atoms with Crippen LogP contribution in [0.2, 0.25) is 0 Å². The third-order valence-corrected chi connectivity index (χ3v) is 7.08. The molecule has 1 aliphatic heterocycles. The first-order chi connectivity index (χ1) is 10.7. The van der Waals surface area contributed by atoms with E-state index in [0.717, 1.165) is 43.1 Å². The van der Waals surface area contributed by atoms with Crippen molar-refractivity contribution in [2.45, 2.75) is 53.4 Å². The molecule has 1 fully saturated rings. The Kier molecular flexibility index (Phi) is 5.73. The summed E-state index contributed by atoms with van der Waals surface area (Å²) < 4.78 is 0. The first kappa shape index (κ1) is 19.7. The van der Waals surface area contributed by atoms with Crippen LogP contribution in [0, 0.1) is 16.7 Å². The molecule has 0 spiro atoms. The number of amides is 1. The molecule has 0 bridgehead atoms. The van der Waals surface area contributed by atoms with E-state index in [-0.39, 0.29) is 23.7 Å². The first-order valence-electron chi connectivity index (χ1n) is 8.83. The van der Waals surface area contributed by atoms with Crippen molar-refractivity contribution in [2.75, 3.05) is 19.6 Å². The number of hydrogen-bond donors (Lipinski definition) is 1. The van der Waals surface area contributed by atoms with Gasteiger partial charge in [-0.3, -0.25) is 4.79 Å². The fraction of sp³-hybridized carbons (Fsp3) is 0.737. The van der Waals surface area contributed by atoms with E-state index in [4.69, 9.17) is 5.73 Å². The first-order valence-corrected chi connectivity index (χ1v) is 9.64. The van der Waals surface area contributed by atoms with Gasteiger partial charge in [0.15, 0.2) is 0 Å². The van der Waals surface area contributed by atoms with Crippen LogP contribution in [-0.2, 0) is 12.8 Å². The summed E-state index contributed by atoms with van der Waals surface area (Å²) in [4.78, 5) is 17.2. The fourth-order valence-electron chi connectivity index (χ4n) is 3.89. The Bertz CT molecular complexity index is 607. The smallest absolute Gasteiger partial charge is 0.263 e. The summed E-state index contributed by atoms with van der Waals surface area (Å²) in [5.41, 5.74) is 7.74. The van der Waals surface area contributed by atoms with E-state index in [1.807, 2.05) is 4.90 Å². The lowest BCUT2D eigenvalue weighted by atomic mass is 9.72. The third-order valence-electron chi connectivity index (χ3n) is 5.86. The molecule has 0 aromatic carbocycles. The lowest BCUT2D eigenvalue weighted by Crippen LogP contribution is -2.34. The lowest BCUT2D eigenvalue weighted by molar-refractivity contribution is 0.0781. The Morgan fingerprint density at radius 2 is 2.17 bits per heavy atom. The molecule has 5 heteroatoms. The van der Waals surface area contributed by atoms with Gasteiger partial charge in [-0.25, -0.2) is 0 Å². The van der Waals surface area contributed by atoms with Crippen LogP contribution in [0.5, 0.6) is 0 Å². The maximum Gasteiger partial charge on any atom is 0.263 e. The number of nitrogens with two attached hydrogens (primary N) is 1. The molecule has 1 aromatic rings. The number of rotatable bonds is 2. The molecule has 2 aliphatic rings. The van der Waals surface area contributed by atoms with Gasteiger partial charge >= 0.3 is 0 Å². The second-order valence-corrected chi connectivity index (χ2v) is 9.99. The molecule has 0 saturated carbocycles. The van der Waals surface area contributed by atoms with E-state index in [0.29, 0.717) is 12.0 Å². The number of carbonyl (C=O) groups excluding carboxylic acids is 1. The van der Waals surface area contributed by atoms with Crippen LogP contribution in [0.3, 0.4) is 0 Å². The minimum Gasteiger partial charge on any atom is -0.337 e. The Morgan fingerprint density at radius 3 is 2.75 bits per heavy atom. The molecule has 1 saturated heterocycles. The van der Waals surface area contributed by atoms with E-state index < -0.39 is 0 Å². The van der Waals surface area contributed by atoms with Crippen LogP contribution in [-0.4, -0.2) is 30.4 Å². The Balaban J connectivity index is 0.00000208. The largest absolute Gasteiger partial charge is 0.337 e. The standard InChI is InChI=1S/C19H30N2OS.ClH/c1-18(2,3)14-5-6-15-13(9-14)10-16(23-15)17(22)21-8-7-19(4,11-20)12-21;/h10,14H,5-9,11-12,20H2,1-4H3;1H. The quantitative estimate of drug-likeness (QED) is 0.850. The minimum atomic E-state index is 0. The third kappa shape index (κ3) is 3.81. The Morgan fingerprint density at radius 1 is 1.46 bits per heavy atom. The zero-order valence-corrected chi connectivity index (χ0v) is 17.0. The van der Waals surface area contributed by atoms with Gasteiger partial charge < -0.3 is 10.6 Å². The molecule has 3 rings (SSSR count). The number of fused-ring (bicyclic) bond motifs is 1. The van der Waals surface area contributed by atoms with Gasteiger partial charge in [0.05, 0.1) is 4.88 Å². The van der Waals surface area contributed by atoms with E-state index >= 15 is 0 Å². The second-order valence-electron chi connectivity index (χ2n) is 8.86. The fourth-order valence-corrected chi connectivity index (χ4v) is 5.06. The summed E-state index contributed by atoms with van der Waals surface area (Å²) >= 11 is 1.73. The molecule has 2 heterocycles. The zero-order chi connectivity index (χ0) is 16.8. The summed E-state index contributed by atoms with van der Waals surface area (Å²) in [5, 5.41) is 0. The molecule has 2 atom stereocenters. The molecule has 24 heavy (non-hydrogen) atoms. The predicted octanol–water partition coefficient (Wildman–Crippen LogP) is 4.13. The number of aryl methyl sites for hydroxylation is 1. The average molecular weight is 371 g/mol. The van der Waals surface area contributed by atoms with Gasteiger partial charge in [0, 0.05) is 18.0 Å². The zero-order valence-electron chi connectivity index (χ0n) is 15.4. The van der Waals surface area contributed by atoms with E-state index in [1.54, 1.807) is 11.3 Å². The highest BCUT2D eigenvalue weighted by Gasteiger charge is 2.36. The van der Waals surface area contributed by atoms with Gasteiger partial charge in [-0.2, -0.15) is 0 Å². The van der Waals surface area contributed by atoms with Gasteiger partial charge in [0.2, 0.25) is 0 Å². The highest BCUT2D eigenvalue weighted by Crippen LogP contribution is 2.40. The SMILES string of the molecule is CC1(CN)CCN(C(=O)c2cc3c(s2)CCC(C(C)(C)C)C3)C1.Cl. The number of nitrogens with zero attached hydrogens (tertiary/aromatic N) is 1. The van der Waals surface area contributed by atoms with Crippen LogP contribution >= 0.6 is 23.7 Å². The number of hydrogen-bond acceptors (Lipinski definition) is 3. The Hall–Kier alpha value is -0.580. The molecule has 1 amide bonds. The second kappa shape index (κ2) is 6.97. The molecular formula is C19H31ClN2OS. The van der Waals surface area contributed by atoms with Crippen molar-refractivity contribution in [3.8, 4) is 0 Å². The van der Waals surface area contributed by atoms with Crippen molar-refractivity contribution in [1.82, 2.24) is 4.90 Å². The highest BCUT2D eigenvalue weighted by molar-refractivity contribution is 7.14. The molecule has 136 valence electrons. The summed E-state index contributed by atoms with van der Waals surface area (Å²) in [6.45, 7) is 11.5. The predicted molar refractivity (Wildman–Crippen MR) is 104 cm³/mol. The summed E-state index contributed by atoms with van der Waals surface area (Å²) in [6, 6.07) is 2.18. The van der Waals surface area contributed by atoms with E-state index in [1.165, 1.54) is 16.9 Å².